The Kier molecular flexibility index (Phi) is 5.42. The Morgan fingerprint density at radius 2 is 2.17 bits per heavy atom. The molecule has 0 bridgehead atoms. The number of hydrogen-bond acceptors (Lipinski definition) is 4. The molecule has 5 nitrogen and oxygen atoms in total. The first-order chi connectivity index (χ1) is 8.49. The van der Waals surface area contributed by atoms with Gasteiger partial charge in [0.25, 0.3) is 0 Å². The molecule has 1 aromatic heterocycles. The minimum absolute atomic E-state index is 0.0802. The second-order valence-corrected chi connectivity index (χ2v) is 4.83. The summed E-state index contributed by atoms with van der Waals surface area (Å²) in [6, 6.07) is 1.87. The zero-order valence-corrected chi connectivity index (χ0v) is 11.3. The Balaban J connectivity index is 2.27. The lowest BCUT2D eigenvalue weighted by atomic mass is 10.1. The number of aromatic nitrogens is 1. The summed E-state index contributed by atoms with van der Waals surface area (Å²) in [4.78, 5) is 15.6. The van der Waals surface area contributed by atoms with Crippen LogP contribution in [-0.2, 0) is 4.79 Å². The second-order valence-electron chi connectivity index (χ2n) is 4.83. The van der Waals surface area contributed by atoms with Gasteiger partial charge in [0.1, 0.15) is 5.82 Å². The highest BCUT2D eigenvalue weighted by molar-refractivity contribution is 5.76. The summed E-state index contributed by atoms with van der Waals surface area (Å²) in [6.07, 6.45) is 2.32. The van der Waals surface area contributed by atoms with Crippen LogP contribution >= 0.6 is 0 Å². The number of carbonyl (C=O) groups is 1. The molecule has 0 atom stereocenters. The molecule has 0 radical (unpaired) electrons. The summed E-state index contributed by atoms with van der Waals surface area (Å²) < 4.78 is 0. The number of aryl methyl sites for hydroxylation is 1. The van der Waals surface area contributed by atoms with Crippen LogP contribution in [0.5, 0.6) is 0 Å². The average molecular weight is 250 g/mol. The van der Waals surface area contributed by atoms with Gasteiger partial charge in [-0.25, -0.2) is 4.98 Å². The highest BCUT2D eigenvalue weighted by Gasteiger charge is 2.04. The van der Waals surface area contributed by atoms with E-state index < -0.39 is 0 Å². The minimum atomic E-state index is 0.0802. The predicted molar refractivity (Wildman–Crippen MR) is 74.3 cm³/mol. The maximum atomic E-state index is 11.4. The standard InChI is InChI=1S/C13H22N4O/c1-9(2)6-12(18)15-4-5-16-13-11(14)7-10(3)8-17-13/h7-9H,4-6,14H2,1-3H3,(H,15,18)(H,16,17). The molecule has 0 spiro atoms. The number of nitrogen functional groups attached to an aromatic ring is 1. The smallest absolute Gasteiger partial charge is 0.220 e. The topological polar surface area (TPSA) is 80.0 Å². The lowest BCUT2D eigenvalue weighted by Gasteiger charge is -2.10. The minimum Gasteiger partial charge on any atom is -0.396 e. The second kappa shape index (κ2) is 6.83. The molecule has 1 aromatic rings. The SMILES string of the molecule is Cc1cnc(NCCNC(=O)CC(C)C)c(N)c1. The molecule has 0 saturated carbocycles. The Morgan fingerprint density at radius 1 is 1.44 bits per heavy atom. The van der Waals surface area contributed by atoms with Crippen LogP contribution in [0.3, 0.4) is 0 Å². The van der Waals surface area contributed by atoms with E-state index in [0.717, 1.165) is 5.56 Å². The van der Waals surface area contributed by atoms with Crippen LogP contribution in [-0.4, -0.2) is 24.0 Å². The van der Waals surface area contributed by atoms with Crippen molar-refractivity contribution in [3.63, 3.8) is 0 Å². The molecule has 0 fully saturated rings. The zero-order chi connectivity index (χ0) is 13.5. The highest BCUT2D eigenvalue weighted by atomic mass is 16.1. The molecule has 1 amide bonds. The van der Waals surface area contributed by atoms with E-state index in [9.17, 15) is 4.79 Å². The monoisotopic (exact) mass is 250 g/mol. The molecular formula is C13H22N4O. The van der Waals surface area contributed by atoms with Gasteiger partial charge in [-0.15, -0.1) is 0 Å². The fraction of sp³-hybridized carbons (Fsp3) is 0.538. The van der Waals surface area contributed by atoms with E-state index in [2.05, 4.69) is 15.6 Å². The fourth-order valence-electron chi connectivity index (χ4n) is 1.57. The Morgan fingerprint density at radius 3 is 2.78 bits per heavy atom. The largest absolute Gasteiger partial charge is 0.396 e. The number of nitrogens with one attached hydrogen (secondary N) is 2. The van der Waals surface area contributed by atoms with Crippen LogP contribution in [0.4, 0.5) is 11.5 Å². The molecule has 1 heterocycles. The van der Waals surface area contributed by atoms with Crippen LogP contribution in [0.1, 0.15) is 25.8 Å². The summed E-state index contributed by atoms with van der Waals surface area (Å²) in [5.41, 5.74) is 7.48. The summed E-state index contributed by atoms with van der Waals surface area (Å²) in [6.45, 7) is 7.17. The van der Waals surface area contributed by atoms with Crippen molar-refractivity contribution in [2.45, 2.75) is 27.2 Å². The average Bonchev–Trinajstić information content (AvgIpc) is 2.25. The van der Waals surface area contributed by atoms with Gasteiger partial charge < -0.3 is 16.4 Å². The van der Waals surface area contributed by atoms with Crippen molar-refractivity contribution >= 4 is 17.4 Å². The quantitative estimate of drug-likeness (QED) is 0.669. The third-order valence-electron chi connectivity index (χ3n) is 2.39. The van der Waals surface area contributed by atoms with E-state index in [-0.39, 0.29) is 5.91 Å². The molecule has 0 aliphatic heterocycles. The molecule has 5 heteroatoms. The Bertz CT molecular complexity index is 404. The summed E-state index contributed by atoms with van der Waals surface area (Å²) >= 11 is 0. The zero-order valence-electron chi connectivity index (χ0n) is 11.3. The van der Waals surface area contributed by atoms with E-state index in [0.29, 0.717) is 36.9 Å². The third kappa shape index (κ3) is 5.03. The third-order valence-corrected chi connectivity index (χ3v) is 2.39. The molecule has 100 valence electrons. The van der Waals surface area contributed by atoms with Crippen molar-refractivity contribution in [3.05, 3.63) is 17.8 Å². The normalized spacial score (nSPS) is 10.4. The Labute approximate surface area is 108 Å². The van der Waals surface area contributed by atoms with Crippen LogP contribution in [0.25, 0.3) is 0 Å². The highest BCUT2D eigenvalue weighted by Crippen LogP contribution is 2.14. The van der Waals surface area contributed by atoms with Gasteiger partial charge in [-0.2, -0.15) is 0 Å². The summed E-state index contributed by atoms with van der Waals surface area (Å²) in [7, 11) is 0. The lowest BCUT2D eigenvalue weighted by Crippen LogP contribution is -2.29. The number of anilines is 2. The van der Waals surface area contributed by atoms with Crippen molar-refractivity contribution in [1.29, 1.82) is 0 Å². The van der Waals surface area contributed by atoms with Gasteiger partial charge in [0.15, 0.2) is 0 Å². The number of amides is 1. The molecular weight excluding hydrogens is 228 g/mol. The van der Waals surface area contributed by atoms with Gasteiger partial charge >= 0.3 is 0 Å². The first-order valence-electron chi connectivity index (χ1n) is 6.21. The van der Waals surface area contributed by atoms with Crippen molar-refractivity contribution in [2.75, 3.05) is 24.1 Å². The number of pyridine rings is 1. The first kappa shape index (κ1) is 14.3. The van der Waals surface area contributed by atoms with E-state index in [1.165, 1.54) is 0 Å². The van der Waals surface area contributed by atoms with Gasteiger partial charge in [0.05, 0.1) is 5.69 Å². The number of nitrogens with two attached hydrogens (primary N) is 1. The summed E-state index contributed by atoms with van der Waals surface area (Å²) in [5.74, 6) is 1.13. The number of hydrogen-bond donors (Lipinski definition) is 3. The van der Waals surface area contributed by atoms with Crippen molar-refractivity contribution in [2.24, 2.45) is 5.92 Å². The number of nitrogens with zero attached hydrogens (tertiary/aromatic N) is 1. The molecule has 4 N–H and O–H groups in total. The first-order valence-corrected chi connectivity index (χ1v) is 6.21. The number of carbonyl (C=O) groups excluding carboxylic acids is 1. The number of rotatable bonds is 6. The maximum Gasteiger partial charge on any atom is 0.220 e. The fourth-order valence-corrected chi connectivity index (χ4v) is 1.57. The van der Waals surface area contributed by atoms with Crippen LogP contribution in [0, 0.1) is 12.8 Å². The van der Waals surface area contributed by atoms with Crippen LogP contribution < -0.4 is 16.4 Å². The molecule has 18 heavy (non-hydrogen) atoms. The van der Waals surface area contributed by atoms with Gasteiger partial charge in [0, 0.05) is 25.7 Å². The van der Waals surface area contributed by atoms with Gasteiger partial charge in [-0.05, 0) is 24.5 Å². The lowest BCUT2D eigenvalue weighted by molar-refractivity contribution is -0.121. The molecule has 0 saturated heterocycles. The van der Waals surface area contributed by atoms with Gasteiger partial charge in [-0.1, -0.05) is 13.8 Å². The van der Waals surface area contributed by atoms with Crippen molar-refractivity contribution < 1.29 is 4.79 Å². The van der Waals surface area contributed by atoms with Crippen molar-refractivity contribution in [1.82, 2.24) is 10.3 Å². The van der Waals surface area contributed by atoms with Crippen LogP contribution in [0.15, 0.2) is 12.3 Å². The van der Waals surface area contributed by atoms with Crippen LogP contribution in [0.2, 0.25) is 0 Å². The summed E-state index contributed by atoms with van der Waals surface area (Å²) in [5, 5.41) is 5.94. The van der Waals surface area contributed by atoms with E-state index >= 15 is 0 Å². The van der Waals surface area contributed by atoms with E-state index in [1.54, 1.807) is 6.20 Å². The predicted octanol–water partition coefficient (Wildman–Crippen LogP) is 1.55. The molecule has 0 aliphatic rings. The molecule has 0 unspecified atom stereocenters. The van der Waals surface area contributed by atoms with Gasteiger partial charge in [0.2, 0.25) is 5.91 Å². The van der Waals surface area contributed by atoms with Crippen molar-refractivity contribution in [3.8, 4) is 0 Å². The Hall–Kier alpha value is -1.78. The maximum absolute atomic E-state index is 11.4. The van der Waals surface area contributed by atoms with E-state index in [1.807, 2.05) is 26.8 Å². The molecule has 0 aliphatic carbocycles. The molecule has 1 rings (SSSR count). The van der Waals surface area contributed by atoms with E-state index in [4.69, 9.17) is 5.73 Å². The van der Waals surface area contributed by atoms with Gasteiger partial charge in [-0.3, -0.25) is 4.79 Å². The molecule has 0 aromatic carbocycles.